The van der Waals surface area contributed by atoms with Crippen LogP contribution in [0.5, 0.6) is 0 Å². The van der Waals surface area contributed by atoms with E-state index in [0.29, 0.717) is 6.54 Å². The zero-order valence-corrected chi connectivity index (χ0v) is 8.38. The Morgan fingerprint density at radius 2 is 1.92 bits per heavy atom. The van der Waals surface area contributed by atoms with Crippen LogP contribution in [0.4, 0.5) is 0 Å². The molecule has 70 valence electrons. The Labute approximate surface area is 80.3 Å². The van der Waals surface area contributed by atoms with Gasteiger partial charge < -0.3 is 5.73 Å². The second kappa shape index (κ2) is 4.83. The number of benzene rings is 1. The molecule has 0 atom stereocenters. The second-order valence-electron chi connectivity index (χ2n) is 3.18. The first-order valence-electron chi connectivity index (χ1n) is 4.74. The lowest BCUT2D eigenvalue weighted by atomic mass is 10.0. The SMILES string of the molecule is CCC(=CCN)c1ccc(C)cc1. The summed E-state index contributed by atoms with van der Waals surface area (Å²) in [4.78, 5) is 0. The molecule has 0 amide bonds. The van der Waals surface area contributed by atoms with Gasteiger partial charge in [-0.3, -0.25) is 0 Å². The zero-order chi connectivity index (χ0) is 9.68. The molecule has 0 bridgehead atoms. The highest BCUT2D eigenvalue weighted by Gasteiger charge is 1.96. The fraction of sp³-hybridized carbons (Fsp3) is 0.333. The molecule has 13 heavy (non-hydrogen) atoms. The molecule has 1 nitrogen and oxygen atoms in total. The van der Waals surface area contributed by atoms with Crippen LogP contribution in [0.3, 0.4) is 0 Å². The second-order valence-corrected chi connectivity index (χ2v) is 3.18. The van der Waals surface area contributed by atoms with Crippen molar-refractivity contribution in [3.05, 3.63) is 41.5 Å². The highest BCUT2D eigenvalue weighted by molar-refractivity contribution is 5.65. The van der Waals surface area contributed by atoms with E-state index in [2.05, 4.69) is 44.2 Å². The number of allylic oxidation sites excluding steroid dienone is 1. The Hall–Kier alpha value is -1.08. The first kappa shape index (κ1) is 10.0. The van der Waals surface area contributed by atoms with Crippen LogP contribution in [0.2, 0.25) is 0 Å². The maximum Gasteiger partial charge on any atom is 0.0112 e. The number of hydrogen-bond donors (Lipinski definition) is 1. The van der Waals surface area contributed by atoms with E-state index in [-0.39, 0.29) is 0 Å². The van der Waals surface area contributed by atoms with E-state index >= 15 is 0 Å². The van der Waals surface area contributed by atoms with Crippen LogP contribution < -0.4 is 5.73 Å². The highest BCUT2D eigenvalue weighted by atomic mass is 14.5. The van der Waals surface area contributed by atoms with E-state index in [1.54, 1.807) is 0 Å². The van der Waals surface area contributed by atoms with E-state index in [4.69, 9.17) is 5.73 Å². The van der Waals surface area contributed by atoms with Crippen molar-refractivity contribution in [3.63, 3.8) is 0 Å². The predicted octanol–water partition coefficient (Wildman–Crippen LogP) is 2.75. The van der Waals surface area contributed by atoms with Crippen molar-refractivity contribution >= 4 is 5.57 Å². The molecule has 0 unspecified atom stereocenters. The molecule has 0 radical (unpaired) electrons. The van der Waals surface area contributed by atoms with Crippen molar-refractivity contribution in [1.82, 2.24) is 0 Å². The van der Waals surface area contributed by atoms with Crippen molar-refractivity contribution in [2.45, 2.75) is 20.3 Å². The number of hydrogen-bond acceptors (Lipinski definition) is 1. The van der Waals surface area contributed by atoms with E-state index in [1.165, 1.54) is 16.7 Å². The lowest BCUT2D eigenvalue weighted by molar-refractivity contribution is 1.19. The summed E-state index contributed by atoms with van der Waals surface area (Å²) in [5.74, 6) is 0. The molecule has 0 heterocycles. The third kappa shape index (κ3) is 2.71. The van der Waals surface area contributed by atoms with Gasteiger partial charge in [0.15, 0.2) is 0 Å². The molecule has 1 rings (SSSR count). The van der Waals surface area contributed by atoms with Crippen molar-refractivity contribution in [2.75, 3.05) is 6.54 Å². The van der Waals surface area contributed by atoms with Crippen molar-refractivity contribution in [1.29, 1.82) is 0 Å². The molecule has 0 aromatic heterocycles. The van der Waals surface area contributed by atoms with Crippen LogP contribution in [0, 0.1) is 6.92 Å². The fourth-order valence-electron chi connectivity index (χ4n) is 1.38. The van der Waals surface area contributed by atoms with Gasteiger partial charge in [0.05, 0.1) is 0 Å². The third-order valence-electron chi connectivity index (χ3n) is 2.17. The number of rotatable bonds is 3. The first-order valence-corrected chi connectivity index (χ1v) is 4.74. The highest BCUT2D eigenvalue weighted by Crippen LogP contribution is 2.17. The summed E-state index contributed by atoms with van der Waals surface area (Å²) in [5, 5.41) is 0. The van der Waals surface area contributed by atoms with E-state index in [1.807, 2.05) is 0 Å². The van der Waals surface area contributed by atoms with Gasteiger partial charge in [-0.15, -0.1) is 0 Å². The minimum absolute atomic E-state index is 0.622. The van der Waals surface area contributed by atoms with Gasteiger partial charge in [-0.1, -0.05) is 42.8 Å². The first-order chi connectivity index (χ1) is 6.27. The lowest BCUT2D eigenvalue weighted by Gasteiger charge is -2.04. The molecular weight excluding hydrogens is 158 g/mol. The zero-order valence-electron chi connectivity index (χ0n) is 8.38. The van der Waals surface area contributed by atoms with E-state index < -0.39 is 0 Å². The topological polar surface area (TPSA) is 26.0 Å². The van der Waals surface area contributed by atoms with Gasteiger partial charge in [0.2, 0.25) is 0 Å². The summed E-state index contributed by atoms with van der Waals surface area (Å²) in [6.07, 6.45) is 3.13. The molecule has 0 saturated carbocycles. The van der Waals surface area contributed by atoms with Gasteiger partial charge in [-0.05, 0) is 24.5 Å². The molecule has 0 aliphatic carbocycles. The molecule has 2 N–H and O–H groups in total. The number of aryl methyl sites for hydroxylation is 1. The Kier molecular flexibility index (Phi) is 3.71. The normalized spacial score (nSPS) is 11.8. The van der Waals surface area contributed by atoms with Gasteiger partial charge in [-0.25, -0.2) is 0 Å². The standard InChI is InChI=1S/C12H17N/c1-3-11(8-9-13)12-6-4-10(2)5-7-12/h4-8H,3,9,13H2,1-2H3. The molecule has 0 aliphatic heterocycles. The van der Waals surface area contributed by atoms with Gasteiger partial charge in [0.25, 0.3) is 0 Å². The molecule has 0 saturated heterocycles. The van der Waals surface area contributed by atoms with Gasteiger partial charge >= 0.3 is 0 Å². The summed E-state index contributed by atoms with van der Waals surface area (Å²) in [6, 6.07) is 8.57. The van der Waals surface area contributed by atoms with Gasteiger partial charge in [0, 0.05) is 6.54 Å². The molecule has 1 heteroatoms. The van der Waals surface area contributed by atoms with Crippen LogP contribution >= 0.6 is 0 Å². The summed E-state index contributed by atoms with van der Waals surface area (Å²) >= 11 is 0. The molecule has 1 aromatic carbocycles. The summed E-state index contributed by atoms with van der Waals surface area (Å²) in [5.41, 5.74) is 9.42. The summed E-state index contributed by atoms with van der Waals surface area (Å²) in [6.45, 7) is 4.88. The minimum atomic E-state index is 0.622. The molecule has 1 aromatic rings. The van der Waals surface area contributed by atoms with E-state index in [0.717, 1.165) is 6.42 Å². The molecular formula is C12H17N. The smallest absolute Gasteiger partial charge is 0.0112 e. The molecule has 0 aliphatic rings. The molecule has 0 spiro atoms. The fourth-order valence-corrected chi connectivity index (χ4v) is 1.38. The van der Waals surface area contributed by atoms with Crippen LogP contribution in [0.1, 0.15) is 24.5 Å². The largest absolute Gasteiger partial charge is 0.327 e. The minimum Gasteiger partial charge on any atom is -0.327 e. The van der Waals surface area contributed by atoms with Crippen LogP contribution in [0.25, 0.3) is 5.57 Å². The Balaban J connectivity index is 2.92. The van der Waals surface area contributed by atoms with Crippen molar-refractivity contribution in [3.8, 4) is 0 Å². The summed E-state index contributed by atoms with van der Waals surface area (Å²) < 4.78 is 0. The van der Waals surface area contributed by atoms with Crippen molar-refractivity contribution < 1.29 is 0 Å². The molecule has 0 fully saturated rings. The predicted molar refractivity (Wildman–Crippen MR) is 58.5 cm³/mol. The van der Waals surface area contributed by atoms with Crippen molar-refractivity contribution in [2.24, 2.45) is 5.73 Å². The Morgan fingerprint density at radius 1 is 1.31 bits per heavy atom. The lowest BCUT2D eigenvalue weighted by Crippen LogP contribution is -1.95. The van der Waals surface area contributed by atoms with Crippen LogP contribution in [-0.4, -0.2) is 6.54 Å². The summed E-state index contributed by atoms with van der Waals surface area (Å²) in [7, 11) is 0. The van der Waals surface area contributed by atoms with Crippen LogP contribution in [0.15, 0.2) is 30.3 Å². The average Bonchev–Trinajstić information content (AvgIpc) is 2.16. The van der Waals surface area contributed by atoms with Gasteiger partial charge in [0.1, 0.15) is 0 Å². The Bertz CT molecular complexity index is 282. The number of nitrogens with two attached hydrogens (primary N) is 1. The quantitative estimate of drug-likeness (QED) is 0.751. The van der Waals surface area contributed by atoms with E-state index in [9.17, 15) is 0 Å². The van der Waals surface area contributed by atoms with Crippen LogP contribution in [-0.2, 0) is 0 Å². The maximum absolute atomic E-state index is 5.50. The monoisotopic (exact) mass is 175 g/mol. The van der Waals surface area contributed by atoms with Gasteiger partial charge in [-0.2, -0.15) is 0 Å². The Morgan fingerprint density at radius 3 is 2.38 bits per heavy atom. The third-order valence-corrected chi connectivity index (χ3v) is 2.17. The average molecular weight is 175 g/mol. The maximum atomic E-state index is 5.50.